The molecule has 1 aromatic carbocycles. The fraction of sp³-hybridized carbons (Fsp3) is 0.188. The van der Waals surface area contributed by atoms with Gasteiger partial charge in [-0.1, -0.05) is 0 Å². The molecule has 0 atom stereocenters. The molecule has 27 heavy (non-hydrogen) atoms. The van der Waals surface area contributed by atoms with Crippen molar-refractivity contribution in [2.45, 2.75) is 4.90 Å². The van der Waals surface area contributed by atoms with Crippen molar-refractivity contribution in [1.82, 2.24) is 9.88 Å². The molecule has 0 aliphatic carbocycles. The zero-order chi connectivity index (χ0) is 20.0. The minimum Gasteiger partial charge on any atom is -0.325 e. The Kier molecular flexibility index (Phi) is 7.02. The molecule has 0 saturated carbocycles. The van der Waals surface area contributed by atoms with E-state index in [0.29, 0.717) is 11.5 Å². The highest BCUT2D eigenvalue weighted by Gasteiger charge is 2.12. The average Bonchev–Trinajstić information content (AvgIpc) is 2.56. The number of aromatic nitrogens is 1. The molecule has 0 aliphatic rings. The molecule has 144 valence electrons. The summed E-state index contributed by atoms with van der Waals surface area (Å²) in [7, 11) is -2.16. The zero-order valence-electron chi connectivity index (χ0n) is 14.3. The van der Waals surface area contributed by atoms with E-state index in [0.717, 1.165) is 4.47 Å². The van der Waals surface area contributed by atoms with Gasteiger partial charge in [-0.05, 0) is 59.4 Å². The molecule has 1 heterocycles. The molecule has 0 spiro atoms. The van der Waals surface area contributed by atoms with Crippen molar-refractivity contribution in [3.8, 4) is 0 Å². The van der Waals surface area contributed by atoms with E-state index in [1.165, 1.54) is 29.2 Å². The van der Waals surface area contributed by atoms with Crippen LogP contribution in [0.1, 0.15) is 0 Å². The highest BCUT2D eigenvalue weighted by atomic mass is 79.9. The minimum absolute atomic E-state index is 0.00445. The molecule has 0 unspecified atom stereocenters. The van der Waals surface area contributed by atoms with Crippen LogP contribution in [0.15, 0.2) is 52.0 Å². The number of benzene rings is 1. The molecule has 0 aliphatic heterocycles. The van der Waals surface area contributed by atoms with Crippen LogP contribution in [0.5, 0.6) is 0 Å². The summed E-state index contributed by atoms with van der Waals surface area (Å²) in [5, 5.41) is 10.3. The van der Waals surface area contributed by atoms with Crippen molar-refractivity contribution in [3.63, 3.8) is 0 Å². The van der Waals surface area contributed by atoms with Gasteiger partial charge in [0.1, 0.15) is 5.82 Å². The van der Waals surface area contributed by atoms with Gasteiger partial charge < -0.3 is 10.6 Å². The topological polar surface area (TPSA) is 134 Å². The maximum absolute atomic E-state index is 12.0. The largest absolute Gasteiger partial charge is 0.325 e. The van der Waals surface area contributed by atoms with Gasteiger partial charge in [-0.3, -0.25) is 14.5 Å². The fourth-order valence-electron chi connectivity index (χ4n) is 2.11. The number of nitrogens with zero attached hydrogens (tertiary/aromatic N) is 2. The number of primary sulfonamides is 1. The van der Waals surface area contributed by atoms with Crippen molar-refractivity contribution in [2.75, 3.05) is 30.8 Å². The van der Waals surface area contributed by atoms with Gasteiger partial charge in [0, 0.05) is 16.4 Å². The van der Waals surface area contributed by atoms with Crippen LogP contribution in [0.4, 0.5) is 11.5 Å². The Morgan fingerprint density at radius 3 is 2.19 bits per heavy atom. The number of carbonyl (C=O) groups excluding carboxylic acids is 2. The van der Waals surface area contributed by atoms with E-state index in [1.807, 2.05) is 0 Å². The number of hydrogen-bond acceptors (Lipinski definition) is 6. The van der Waals surface area contributed by atoms with E-state index in [2.05, 4.69) is 31.5 Å². The Morgan fingerprint density at radius 2 is 1.67 bits per heavy atom. The lowest BCUT2D eigenvalue weighted by Crippen LogP contribution is -2.36. The van der Waals surface area contributed by atoms with Gasteiger partial charge >= 0.3 is 0 Å². The van der Waals surface area contributed by atoms with Gasteiger partial charge in [-0.15, -0.1) is 0 Å². The van der Waals surface area contributed by atoms with Crippen molar-refractivity contribution < 1.29 is 18.0 Å². The highest BCUT2D eigenvalue weighted by molar-refractivity contribution is 9.10. The van der Waals surface area contributed by atoms with Gasteiger partial charge in [-0.25, -0.2) is 18.5 Å². The first-order valence-electron chi connectivity index (χ1n) is 7.66. The van der Waals surface area contributed by atoms with Gasteiger partial charge in [0.25, 0.3) is 0 Å². The number of sulfonamides is 1. The van der Waals surface area contributed by atoms with Crippen LogP contribution in [0.2, 0.25) is 0 Å². The molecule has 1 aromatic heterocycles. The molecule has 0 fully saturated rings. The molecule has 2 amide bonds. The average molecular weight is 456 g/mol. The lowest BCUT2D eigenvalue weighted by Gasteiger charge is -2.16. The predicted molar refractivity (Wildman–Crippen MR) is 105 cm³/mol. The van der Waals surface area contributed by atoms with E-state index in [-0.39, 0.29) is 29.8 Å². The predicted octanol–water partition coefficient (Wildman–Crippen LogP) is 1.00. The van der Waals surface area contributed by atoms with Gasteiger partial charge in [0.15, 0.2) is 0 Å². The normalized spacial score (nSPS) is 11.3. The van der Waals surface area contributed by atoms with E-state index in [9.17, 15) is 18.0 Å². The molecule has 9 nitrogen and oxygen atoms in total. The van der Waals surface area contributed by atoms with E-state index in [1.54, 1.807) is 25.4 Å². The van der Waals surface area contributed by atoms with Gasteiger partial charge in [0.05, 0.1) is 18.0 Å². The van der Waals surface area contributed by atoms with Crippen molar-refractivity contribution >= 4 is 49.3 Å². The Bertz CT molecular complexity index is 917. The summed E-state index contributed by atoms with van der Waals surface area (Å²) in [6, 6.07) is 8.87. The Hall–Kier alpha value is -2.34. The summed E-state index contributed by atoms with van der Waals surface area (Å²) in [5.74, 6) is -0.246. The Labute approximate surface area is 165 Å². The van der Waals surface area contributed by atoms with Crippen LogP contribution in [-0.4, -0.2) is 50.3 Å². The summed E-state index contributed by atoms with van der Waals surface area (Å²) in [4.78, 5) is 29.5. The number of anilines is 2. The van der Waals surface area contributed by atoms with Crippen molar-refractivity contribution in [1.29, 1.82) is 0 Å². The van der Waals surface area contributed by atoms with E-state index >= 15 is 0 Å². The lowest BCUT2D eigenvalue weighted by atomic mass is 10.3. The molecular formula is C16H18BrN5O4S. The van der Waals surface area contributed by atoms with Gasteiger partial charge in [0.2, 0.25) is 21.8 Å². The molecule has 0 radical (unpaired) electrons. The van der Waals surface area contributed by atoms with Crippen LogP contribution >= 0.6 is 15.9 Å². The SMILES string of the molecule is CN(CC(=O)Nc1ccc(S(N)(=O)=O)cc1)CC(=O)Nc1ccc(Br)cn1. The number of nitrogens with two attached hydrogens (primary N) is 1. The third-order valence-electron chi connectivity index (χ3n) is 3.29. The Morgan fingerprint density at radius 1 is 1.07 bits per heavy atom. The lowest BCUT2D eigenvalue weighted by molar-refractivity contribution is -0.119. The smallest absolute Gasteiger partial charge is 0.239 e. The number of pyridine rings is 1. The fourth-order valence-corrected chi connectivity index (χ4v) is 2.86. The second kappa shape index (κ2) is 9.04. The number of halogens is 1. The van der Waals surface area contributed by atoms with Gasteiger partial charge in [-0.2, -0.15) is 0 Å². The summed E-state index contributed by atoms with van der Waals surface area (Å²) in [6.07, 6.45) is 1.56. The van der Waals surface area contributed by atoms with E-state index in [4.69, 9.17) is 5.14 Å². The number of nitrogens with one attached hydrogen (secondary N) is 2. The number of amides is 2. The second-order valence-electron chi connectivity index (χ2n) is 5.70. The van der Waals surface area contributed by atoms with Crippen LogP contribution in [0, 0.1) is 0 Å². The molecule has 0 saturated heterocycles. The molecule has 11 heteroatoms. The highest BCUT2D eigenvalue weighted by Crippen LogP contribution is 2.13. The maximum Gasteiger partial charge on any atom is 0.239 e. The number of hydrogen-bond donors (Lipinski definition) is 3. The molecule has 2 aromatic rings. The van der Waals surface area contributed by atoms with Crippen LogP contribution < -0.4 is 15.8 Å². The third kappa shape index (κ3) is 7.06. The minimum atomic E-state index is -3.78. The summed E-state index contributed by atoms with van der Waals surface area (Å²) >= 11 is 3.26. The number of likely N-dealkylation sites (N-methyl/N-ethyl adjacent to an activating group) is 1. The van der Waals surface area contributed by atoms with Crippen LogP contribution in [-0.2, 0) is 19.6 Å². The molecular weight excluding hydrogens is 438 g/mol. The summed E-state index contributed by atoms with van der Waals surface area (Å²) < 4.78 is 23.2. The number of rotatable bonds is 7. The maximum atomic E-state index is 12.0. The number of carbonyl (C=O) groups is 2. The standard InChI is InChI=1S/C16H18BrN5O4S/c1-22(10-16(24)21-14-7-2-11(17)8-19-14)9-15(23)20-12-3-5-13(6-4-12)27(18,25)26/h2-8H,9-10H2,1H3,(H,20,23)(H2,18,25,26)(H,19,21,24). The van der Waals surface area contributed by atoms with Crippen LogP contribution in [0.3, 0.4) is 0 Å². The summed E-state index contributed by atoms with van der Waals surface area (Å²) in [6.45, 7) is -0.0341. The molecule has 2 rings (SSSR count). The third-order valence-corrected chi connectivity index (χ3v) is 4.69. The van der Waals surface area contributed by atoms with Crippen LogP contribution in [0.25, 0.3) is 0 Å². The first-order chi connectivity index (χ1) is 12.6. The summed E-state index contributed by atoms with van der Waals surface area (Å²) in [5.41, 5.74) is 0.421. The molecule has 4 N–H and O–H groups in total. The first-order valence-corrected chi connectivity index (χ1v) is 10.00. The first kappa shape index (κ1) is 21.0. The molecule has 0 bridgehead atoms. The Balaban J connectivity index is 1.82. The van der Waals surface area contributed by atoms with Crippen molar-refractivity contribution in [2.24, 2.45) is 5.14 Å². The monoisotopic (exact) mass is 455 g/mol. The zero-order valence-corrected chi connectivity index (χ0v) is 16.7. The second-order valence-corrected chi connectivity index (χ2v) is 8.18. The van der Waals surface area contributed by atoms with Crippen molar-refractivity contribution in [3.05, 3.63) is 47.1 Å². The van der Waals surface area contributed by atoms with E-state index < -0.39 is 10.0 Å². The quantitative estimate of drug-likeness (QED) is 0.569.